The van der Waals surface area contributed by atoms with Crippen molar-refractivity contribution in [3.8, 4) is 0 Å². The van der Waals surface area contributed by atoms with Crippen molar-refractivity contribution in [2.24, 2.45) is 5.92 Å². The van der Waals surface area contributed by atoms with E-state index in [2.05, 4.69) is 15.0 Å². The molecule has 0 radical (unpaired) electrons. The van der Waals surface area contributed by atoms with Gasteiger partial charge in [-0.3, -0.25) is 4.79 Å². The van der Waals surface area contributed by atoms with Crippen molar-refractivity contribution in [1.82, 2.24) is 19.3 Å². The van der Waals surface area contributed by atoms with E-state index in [4.69, 9.17) is 5.73 Å². The number of aromatic amines is 1. The highest BCUT2D eigenvalue weighted by molar-refractivity contribution is 7.91. The van der Waals surface area contributed by atoms with Crippen molar-refractivity contribution < 1.29 is 26.7 Å². The first-order chi connectivity index (χ1) is 21.4. The van der Waals surface area contributed by atoms with Crippen LogP contribution in [0.3, 0.4) is 0 Å². The molecule has 6 N–H and O–H groups in total. The van der Waals surface area contributed by atoms with Gasteiger partial charge in [0.1, 0.15) is 10.3 Å². The normalized spacial score (nSPS) is 13.8. The molecule has 0 unspecified atom stereocenters. The highest BCUT2D eigenvalue weighted by atomic mass is 32.2. The molecular weight excluding hydrogens is 635 g/mol. The van der Waals surface area contributed by atoms with Crippen LogP contribution in [0.15, 0.2) is 81.3 Å². The van der Waals surface area contributed by atoms with Gasteiger partial charge in [-0.25, -0.2) is 16.8 Å². The van der Waals surface area contributed by atoms with Crippen LogP contribution in [0.4, 0.5) is 5.69 Å². The van der Waals surface area contributed by atoms with Gasteiger partial charge in [0.25, 0.3) is 10.0 Å². The quantitative estimate of drug-likeness (QED) is 0.0838. The van der Waals surface area contributed by atoms with E-state index in [9.17, 15) is 26.7 Å². The summed E-state index contributed by atoms with van der Waals surface area (Å²) in [6.07, 6.45) is 3.31. The number of amides is 1. The van der Waals surface area contributed by atoms with Gasteiger partial charge in [-0.15, -0.1) is 11.3 Å². The number of aromatic nitrogens is 1. The zero-order chi connectivity index (χ0) is 32.6. The fourth-order valence-corrected chi connectivity index (χ4v) is 9.13. The zero-order valence-corrected chi connectivity index (χ0v) is 27.8. The van der Waals surface area contributed by atoms with Crippen molar-refractivity contribution in [2.75, 3.05) is 25.4 Å². The molecule has 2 atom stereocenters. The number of carbonyl (C=O) groups excluding carboxylic acids is 1. The molecule has 0 bridgehead atoms. The van der Waals surface area contributed by atoms with Crippen molar-refractivity contribution in [2.45, 2.75) is 60.7 Å². The number of aliphatic hydroxyl groups is 1. The first kappa shape index (κ1) is 34.6. The summed E-state index contributed by atoms with van der Waals surface area (Å²) >= 11 is 1.07. The fraction of sp³-hybridized carbons (Fsp3) is 0.387. The number of benzene rings is 2. The molecule has 1 amide bonds. The summed E-state index contributed by atoms with van der Waals surface area (Å²) in [4.78, 5) is 16.6. The Balaban J connectivity index is 1.40. The lowest BCUT2D eigenvalue weighted by Crippen LogP contribution is -2.48. The molecule has 11 nitrogen and oxygen atoms in total. The highest BCUT2D eigenvalue weighted by Gasteiger charge is 2.32. The van der Waals surface area contributed by atoms with Crippen LogP contribution in [0.2, 0.25) is 0 Å². The van der Waals surface area contributed by atoms with Crippen LogP contribution < -0.4 is 15.8 Å². The molecule has 2 aromatic heterocycles. The molecule has 45 heavy (non-hydrogen) atoms. The van der Waals surface area contributed by atoms with Crippen molar-refractivity contribution in [3.63, 3.8) is 0 Å². The molecule has 244 valence electrons. The molecule has 0 aliphatic heterocycles. The first-order valence-corrected chi connectivity index (χ1v) is 18.6. The zero-order valence-electron chi connectivity index (χ0n) is 25.3. The summed E-state index contributed by atoms with van der Waals surface area (Å²) < 4.78 is 57.2. The largest absolute Gasteiger partial charge is 0.399 e. The Morgan fingerprint density at radius 2 is 1.76 bits per heavy atom. The fourth-order valence-electron chi connectivity index (χ4n) is 5.11. The number of rotatable bonds is 17. The van der Waals surface area contributed by atoms with Gasteiger partial charge in [0.05, 0.1) is 11.5 Å². The van der Waals surface area contributed by atoms with Crippen LogP contribution in [0.25, 0.3) is 10.9 Å². The second-order valence-electron chi connectivity index (χ2n) is 11.3. The van der Waals surface area contributed by atoms with Crippen LogP contribution >= 0.6 is 11.3 Å². The number of H-pyrrole nitrogens is 1. The van der Waals surface area contributed by atoms with E-state index >= 15 is 0 Å². The Morgan fingerprint density at radius 3 is 2.42 bits per heavy atom. The maximum Gasteiger partial charge on any atom is 0.250 e. The van der Waals surface area contributed by atoms with Crippen LogP contribution in [-0.2, 0) is 31.3 Å². The number of nitrogens with zero attached hydrogens (tertiary/aromatic N) is 1. The Bertz CT molecular complexity index is 1750. The van der Waals surface area contributed by atoms with Gasteiger partial charge in [-0.2, -0.15) is 9.03 Å². The average Bonchev–Trinajstić information content (AvgIpc) is 3.69. The lowest BCUT2D eigenvalue weighted by Gasteiger charge is -2.31. The summed E-state index contributed by atoms with van der Waals surface area (Å²) in [7, 11) is -7.81. The molecule has 0 saturated heterocycles. The summed E-state index contributed by atoms with van der Waals surface area (Å²) in [6.45, 7) is 3.94. The SMILES string of the molecule is CC(C)CN([C@H](CO)CCCCNC(=O)[C@H](Cc1c[nH]c2ccccc12)NS(=O)(=O)c1cccs1)S(=O)(=O)c1ccc(N)cc1. The average molecular weight is 676 g/mol. The van der Waals surface area contributed by atoms with Crippen molar-refractivity contribution >= 4 is 53.9 Å². The van der Waals surface area contributed by atoms with E-state index in [0.717, 1.165) is 27.8 Å². The number of thiophene rings is 1. The standard InChI is InChI=1S/C31H41N5O6S3/c1-22(2)20-36(45(41,42)26-14-12-24(32)13-15-26)25(21-37)8-5-6-16-33-31(38)29(35-44(39,40)30-11-7-17-43-30)18-23-19-34-28-10-4-3-9-27(23)28/h3-4,7,9-15,17,19,22,25,29,34-35,37H,5-6,8,16,18,20-21,32H2,1-2H3,(H,33,38)/t25-,29-/m0/s1. The van der Waals surface area contributed by atoms with Gasteiger partial charge >= 0.3 is 0 Å². The summed E-state index contributed by atoms with van der Waals surface area (Å²) in [5, 5.41) is 15.6. The number of hydrogen-bond donors (Lipinski definition) is 5. The van der Waals surface area contributed by atoms with Crippen LogP contribution in [0, 0.1) is 5.92 Å². The van der Waals surface area contributed by atoms with E-state index in [1.807, 2.05) is 38.1 Å². The Labute approximate surface area is 268 Å². The predicted octanol–water partition coefficient (Wildman–Crippen LogP) is 3.70. The smallest absolute Gasteiger partial charge is 0.250 e. The molecule has 0 aliphatic carbocycles. The molecule has 0 spiro atoms. The maximum atomic E-state index is 13.5. The molecule has 0 fully saturated rings. The molecule has 4 rings (SSSR count). The number of para-hydroxylation sites is 1. The number of fused-ring (bicyclic) bond motifs is 1. The highest BCUT2D eigenvalue weighted by Crippen LogP contribution is 2.24. The third-order valence-corrected chi connectivity index (χ3v) is 12.2. The van der Waals surface area contributed by atoms with Gasteiger partial charge in [0.2, 0.25) is 15.9 Å². The van der Waals surface area contributed by atoms with E-state index in [0.29, 0.717) is 24.9 Å². The minimum Gasteiger partial charge on any atom is -0.399 e. The number of sulfonamides is 2. The van der Waals surface area contributed by atoms with Gasteiger partial charge in [-0.1, -0.05) is 44.5 Å². The van der Waals surface area contributed by atoms with Gasteiger partial charge in [-0.05, 0) is 72.5 Å². The molecular formula is C31H41N5O6S3. The maximum absolute atomic E-state index is 13.5. The minimum absolute atomic E-state index is 0.0222. The van der Waals surface area contributed by atoms with Crippen LogP contribution in [-0.4, -0.2) is 68.9 Å². The third kappa shape index (κ3) is 8.93. The summed E-state index contributed by atoms with van der Waals surface area (Å²) in [5.74, 6) is -0.444. The first-order valence-electron chi connectivity index (χ1n) is 14.8. The third-order valence-electron chi connectivity index (χ3n) is 7.39. The number of hydrogen-bond acceptors (Lipinski definition) is 8. The molecule has 4 aromatic rings. The number of unbranched alkanes of at least 4 members (excludes halogenated alkanes) is 1. The number of aliphatic hydroxyl groups excluding tert-OH is 1. The summed E-state index contributed by atoms with van der Waals surface area (Å²) in [5.41, 5.74) is 7.88. The van der Waals surface area contributed by atoms with Gasteiger partial charge < -0.3 is 21.1 Å². The number of nitrogens with two attached hydrogens (primary N) is 1. The Hall–Kier alpha value is -3.27. The molecule has 2 heterocycles. The number of nitrogens with one attached hydrogen (secondary N) is 3. The minimum atomic E-state index is -3.93. The lowest BCUT2D eigenvalue weighted by atomic mass is 10.0. The van der Waals surface area contributed by atoms with Gasteiger partial charge in [0.15, 0.2) is 0 Å². The second kappa shape index (κ2) is 15.3. The number of carbonyl (C=O) groups is 1. The van der Waals surface area contributed by atoms with Gasteiger partial charge in [0, 0.05) is 41.9 Å². The Kier molecular flexibility index (Phi) is 11.8. The van der Waals surface area contributed by atoms with Crippen molar-refractivity contribution in [1.29, 1.82) is 0 Å². The van der Waals surface area contributed by atoms with E-state index in [-0.39, 0.29) is 41.1 Å². The lowest BCUT2D eigenvalue weighted by molar-refractivity contribution is -0.122. The molecule has 0 aliphatic rings. The monoisotopic (exact) mass is 675 g/mol. The molecule has 2 aromatic carbocycles. The van der Waals surface area contributed by atoms with E-state index in [1.165, 1.54) is 34.6 Å². The van der Waals surface area contributed by atoms with E-state index in [1.54, 1.807) is 17.6 Å². The van der Waals surface area contributed by atoms with Crippen LogP contribution in [0.1, 0.15) is 38.7 Å². The number of nitrogen functional groups attached to an aromatic ring is 1. The topological polar surface area (TPSA) is 175 Å². The number of anilines is 1. The van der Waals surface area contributed by atoms with Crippen LogP contribution in [0.5, 0.6) is 0 Å². The summed E-state index contributed by atoms with van der Waals surface area (Å²) in [6, 6.07) is 15.0. The Morgan fingerprint density at radius 1 is 1.02 bits per heavy atom. The molecule has 0 saturated carbocycles. The van der Waals surface area contributed by atoms with E-state index < -0.39 is 38.0 Å². The second-order valence-corrected chi connectivity index (χ2v) is 16.1. The molecule has 14 heteroatoms. The predicted molar refractivity (Wildman–Crippen MR) is 178 cm³/mol. The van der Waals surface area contributed by atoms with Crippen molar-refractivity contribution in [3.05, 3.63) is 77.8 Å².